The highest BCUT2D eigenvalue weighted by Crippen LogP contribution is 2.30. The first-order valence-electron chi connectivity index (χ1n) is 11.5. The topological polar surface area (TPSA) is 75.6 Å². The number of carboxylic acids is 1. The molecule has 4 rings (SSSR count). The maximum absolute atomic E-state index is 13.0. The summed E-state index contributed by atoms with van der Waals surface area (Å²) in [6.07, 6.45) is 1.25. The first-order chi connectivity index (χ1) is 17.3. The van der Waals surface area contributed by atoms with Crippen LogP contribution in [0.25, 0.3) is 10.8 Å². The van der Waals surface area contributed by atoms with Gasteiger partial charge in [-0.1, -0.05) is 53.5 Å². The molecule has 0 aromatic heterocycles. The Kier molecular flexibility index (Phi) is 8.14. The Labute approximate surface area is 219 Å². The standard InChI is InChI=1S/C29H25Cl2NO4/c1-36-25-12-7-20-14-18(2-4-21(20)15-25)3-11-24(33)17-28(22-8-13-26(30)27(31)16-22)32-23-9-5-19(6-10-23)29(34)35/h2,4-10,12-16,28,32H,3,11,17H2,1H3,(H,34,35). The van der Waals surface area contributed by atoms with Gasteiger partial charge in [-0.25, -0.2) is 4.79 Å². The molecule has 7 heteroatoms. The first-order valence-corrected chi connectivity index (χ1v) is 12.2. The van der Waals surface area contributed by atoms with Gasteiger partial charge in [0.15, 0.2) is 0 Å². The molecule has 36 heavy (non-hydrogen) atoms. The molecule has 0 heterocycles. The molecule has 0 fully saturated rings. The largest absolute Gasteiger partial charge is 0.497 e. The van der Waals surface area contributed by atoms with Gasteiger partial charge in [0, 0.05) is 18.5 Å². The van der Waals surface area contributed by atoms with E-state index in [0.29, 0.717) is 28.6 Å². The molecule has 0 aliphatic rings. The zero-order valence-corrected chi connectivity index (χ0v) is 21.1. The Bertz CT molecular complexity index is 1400. The molecule has 4 aromatic rings. The minimum atomic E-state index is -0.995. The van der Waals surface area contributed by atoms with Crippen molar-refractivity contribution in [2.24, 2.45) is 0 Å². The van der Waals surface area contributed by atoms with Crippen LogP contribution in [0.15, 0.2) is 78.9 Å². The number of carbonyl (C=O) groups excluding carboxylic acids is 1. The summed E-state index contributed by atoms with van der Waals surface area (Å²) in [7, 11) is 1.65. The molecule has 0 aliphatic heterocycles. The third kappa shape index (κ3) is 6.36. The van der Waals surface area contributed by atoms with Crippen LogP contribution >= 0.6 is 23.2 Å². The van der Waals surface area contributed by atoms with Gasteiger partial charge in [0.25, 0.3) is 0 Å². The zero-order valence-electron chi connectivity index (χ0n) is 19.6. The van der Waals surface area contributed by atoms with Crippen LogP contribution < -0.4 is 10.1 Å². The Morgan fingerprint density at radius 3 is 2.31 bits per heavy atom. The van der Waals surface area contributed by atoms with Crippen LogP contribution in [0, 0.1) is 0 Å². The van der Waals surface area contributed by atoms with E-state index >= 15 is 0 Å². The third-order valence-electron chi connectivity index (χ3n) is 6.05. The van der Waals surface area contributed by atoms with Crippen molar-refractivity contribution in [3.05, 3.63) is 106 Å². The number of hydrogen-bond acceptors (Lipinski definition) is 4. The second-order valence-corrected chi connectivity index (χ2v) is 9.36. The Morgan fingerprint density at radius 2 is 1.61 bits per heavy atom. The van der Waals surface area contributed by atoms with Gasteiger partial charge in [0.2, 0.25) is 0 Å². The van der Waals surface area contributed by atoms with Crippen molar-refractivity contribution >= 4 is 51.4 Å². The summed E-state index contributed by atoms with van der Waals surface area (Å²) in [6.45, 7) is 0. The Balaban J connectivity index is 1.47. The van der Waals surface area contributed by atoms with Gasteiger partial charge >= 0.3 is 5.97 Å². The minimum Gasteiger partial charge on any atom is -0.497 e. The van der Waals surface area contributed by atoms with Crippen LogP contribution in [0.1, 0.15) is 40.4 Å². The predicted molar refractivity (Wildman–Crippen MR) is 145 cm³/mol. The highest BCUT2D eigenvalue weighted by atomic mass is 35.5. The summed E-state index contributed by atoms with van der Waals surface area (Å²) in [5, 5.41) is 15.5. The number of halogens is 2. The fourth-order valence-corrected chi connectivity index (χ4v) is 4.37. The number of anilines is 1. The van der Waals surface area contributed by atoms with E-state index in [1.165, 1.54) is 12.1 Å². The fourth-order valence-electron chi connectivity index (χ4n) is 4.06. The molecule has 1 unspecified atom stereocenters. The summed E-state index contributed by atoms with van der Waals surface area (Å²) in [4.78, 5) is 24.2. The lowest BCUT2D eigenvalue weighted by atomic mass is 9.97. The summed E-state index contributed by atoms with van der Waals surface area (Å²) in [5.41, 5.74) is 2.80. The van der Waals surface area contributed by atoms with Crippen molar-refractivity contribution in [3.8, 4) is 5.75 Å². The molecule has 4 aromatic carbocycles. The number of hydrogen-bond donors (Lipinski definition) is 2. The molecule has 0 bridgehead atoms. The van der Waals surface area contributed by atoms with E-state index < -0.39 is 5.97 Å². The van der Waals surface area contributed by atoms with Crippen molar-refractivity contribution in [3.63, 3.8) is 0 Å². The normalized spacial score (nSPS) is 11.8. The number of methoxy groups -OCH3 is 1. The lowest BCUT2D eigenvalue weighted by Gasteiger charge is -2.21. The number of benzene rings is 4. The molecule has 0 amide bonds. The predicted octanol–water partition coefficient (Wildman–Crippen LogP) is 7.60. The number of rotatable bonds is 10. The van der Waals surface area contributed by atoms with Gasteiger partial charge in [0.05, 0.1) is 28.8 Å². The van der Waals surface area contributed by atoms with E-state index in [2.05, 4.69) is 11.4 Å². The second kappa shape index (κ2) is 11.5. The smallest absolute Gasteiger partial charge is 0.335 e. The number of Topliss-reactive ketones (excluding diaryl/α,β-unsaturated/α-hetero) is 1. The van der Waals surface area contributed by atoms with Gasteiger partial charge in [-0.3, -0.25) is 4.79 Å². The van der Waals surface area contributed by atoms with Crippen molar-refractivity contribution < 1.29 is 19.4 Å². The average Bonchev–Trinajstić information content (AvgIpc) is 2.88. The first kappa shape index (κ1) is 25.5. The van der Waals surface area contributed by atoms with Crippen molar-refractivity contribution in [1.82, 2.24) is 0 Å². The van der Waals surface area contributed by atoms with E-state index in [-0.39, 0.29) is 23.8 Å². The van der Waals surface area contributed by atoms with Crippen LogP contribution in [-0.4, -0.2) is 24.0 Å². The van der Waals surface area contributed by atoms with Crippen LogP contribution in [0.4, 0.5) is 5.69 Å². The molecule has 2 N–H and O–H groups in total. The number of aryl methyl sites for hydroxylation is 1. The van der Waals surface area contributed by atoms with Crippen LogP contribution in [0.3, 0.4) is 0 Å². The van der Waals surface area contributed by atoms with Crippen LogP contribution in [-0.2, 0) is 11.2 Å². The number of carbonyl (C=O) groups is 2. The molecule has 0 aliphatic carbocycles. The molecule has 0 saturated heterocycles. The Morgan fingerprint density at radius 1 is 0.889 bits per heavy atom. The van der Waals surface area contributed by atoms with E-state index in [9.17, 15) is 9.59 Å². The van der Waals surface area contributed by atoms with E-state index in [0.717, 1.165) is 27.6 Å². The van der Waals surface area contributed by atoms with Crippen molar-refractivity contribution in [2.75, 3.05) is 12.4 Å². The SMILES string of the molecule is COc1ccc2cc(CCC(=O)CC(Nc3ccc(C(=O)O)cc3)c3ccc(Cl)c(Cl)c3)ccc2c1. The lowest BCUT2D eigenvalue weighted by Crippen LogP contribution is -2.16. The van der Waals surface area contributed by atoms with Gasteiger partial charge in [-0.05, 0) is 76.9 Å². The highest BCUT2D eigenvalue weighted by Gasteiger charge is 2.18. The molecular formula is C29H25Cl2NO4. The monoisotopic (exact) mass is 521 g/mol. The quantitative estimate of drug-likeness (QED) is 0.224. The second-order valence-electron chi connectivity index (χ2n) is 8.54. The van der Waals surface area contributed by atoms with E-state index in [1.54, 1.807) is 31.4 Å². The molecule has 0 spiro atoms. The van der Waals surface area contributed by atoms with Gasteiger partial charge in [0.1, 0.15) is 11.5 Å². The molecule has 0 saturated carbocycles. The highest BCUT2D eigenvalue weighted by molar-refractivity contribution is 6.42. The maximum atomic E-state index is 13.0. The molecule has 1 atom stereocenters. The summed E-state index contributed by atoms with van der Waals surface area (Å²) >= 11 is 12.3. The van der Waals surface area contributed by atoms with Gasteiger partial charge < -0.3 is 15.2 Å². The molecule has 184 valence electrons. The zero-order chi connectivity index (χ0) is 25.7. The minimum absolute atomic E-state index is 0.0931. The summed E-state index contributed by atoms with van der Waals surface area (Å²) in [5.74, 6) is -0.0926. The van der Waals surface area contributed by atoms with Crippen LogP contribution in [0.5, 0.6) is 5.75 Å². The van der Waals surface area contributed by atoms with Crippen molar-refractivity contribution in [2.45, 2.75) is 25.3 Å². The van der Waals surface area contributed by atoms with E-state index in [1.807, 2.05) is 36.4 Å². The van der Waals surface area contributed by atoms with Crippen LogP contribution in [0.2, 0.25) is 10.0 Å². The third-order valence-corrected chi connectivity index (χ3v) is 6.79. The fraction of sp³-hybridized carbons (Fsp3) is 0.172. The van der Waals surface area contributed by atoms with E-state index in [4.69, 9.17) is 33.0 Å². The number of ketones is 1. The number of nitrogens with one attached hydrogen (secondary N) is 1. The molecule has 0 radical (unpaired) electrons. The van der Waals surface area contributed by atoms with Gasteiger partial charge in [-0.2, -0.15) is 0 Å². The number of carboxylic acid groups (broad SMARTS) is 1. The molecule has 5 nitrogen and oxygen atoms in total. The number of aromatic carboxylic acids is 1. The number of ether oxygens (including phenoxy) is 1. The average molecular weight is 522 g/mol. The molecular weight excluding hydrogens is 497 g/mol. The maximum Gasteiger partial charge on any atom is 0.335 e. The van der Waals surface area contributed by atoms with Crippen molar-refractivity contribution in [1.29, 1.82) is 0 Å². The summed E-state index contributed by atoms with van der Waals surface area (Å²) in [6, 6.07) is 23.4. The summed E-state index contributed by atoms with van der Waals surface area (Å²) < 4.78 is 5.29. The number of fused-ring (bicyclic) bond motifs is 1. The van der Waals surface area contributed by atoms with Gasteiger partial charge in [-0.15, -0.1) is 0 Å². The Hall–Kier alpha value is -3.54. The lowest BCUT2D eigenvalue weighted by molar-refractivity contribution is -0.119.